The Kier molecular flexibility index (Phi) is 4.99. The van der Waals surface area contributed by atoms with E-state index in [1.807, 2.05) is 41.8 Å². The van der Waals surface area contributed by atoms with Gasteiger partial charge in [-0.05, 0) is 44.2 Å². The van der Waals surface area contributed by atoms with Crippen molar-refractivity contribution in [2.45, 2.75) is 33.2 Å². The van der Waals surface area contributed by atoms with E-state index in [0.717, 1.165) is 40.6 Å². The highest BCUT2D eigenvalue weighted by molar-refractivity contribution is 7.91. The number of hydrogen-bond acceptors (Lipinski definition) is 6. The minimum Gasteiger partial charge on any atom is -0.365 e. The molecule has 2 aromatic rings. The Labute approximate surface area is 169 Å². The molecule has 0 N–H and O–H groups in total. The van der Waals surface area contributed by atoms with Gasteiger partial charge >= 0.3 is 0 Å². The van der Waals surface area contributed by atoms with Gasteiger partial charge in [-0.2, -0.15) is 5.10 Å². The summed E-state index contributed by atoms with van der Waals surface area (Å²) in [6, 6.07) is 1.88. The third kappa shape index (κ3) is 3.57. The fourth-order valence-electron chi connectivity index (χ4n) is 4.27. The number of nitrogens with zero attached hydrogens (tertiary/aromatic N) is 4. The predicted octanol–water partition coefficient (Wildman–Crippen LogP) is 2.19. The first kappa shape index (κ1) is 19.4. The van der Waals surface area contributed by atoms with Crippen molar-refractivity contribution < 1.29 is 13.2 Å². The molecule has 7 nitrogen and oxygen atoms in total. The fourth-order valence-corrected chi connectivity index (χ4v) is 6.82. The smallest absolute Gasteiger partial charge is 0.264 e. The van der Waals surface area contributed by atoms with Crippen molar-refractivity contribution >= 4 is 32.8 Å². The molecule has 152 valence electrons. The van der Waals surface area contributed by atoms with Crippen molar-refractivity contribution in [3.63, 3.8) is 0 Å². The van der Waals surface area contributed by atoms with Crippen LogP contribution in [-0.4, -0.2) is 66.7 Å². The zero-order chi connectivity index (χ0) is 20.1. The Hall–Kier alpha value is -1.87. The number of piperazine rings is 1. The molecule has 1 amide bonds. The van der Waals surface area contributed by atoms with Gasteiger partial charge in [0.25, 0.3) is 5.91 Å². The number of hydrogen-bond donors (Lipinski definition) is 0. The Morgan fingerprint density at radius 2 is 1.89 bits per heavy atom. The summed E-state index contributed by atoms with van der Waals surface area (Å²) in [7, 11) is -2.95. The zero-order valence-corrected chi connectivity index (χ0v) is 18.1. The summed E-state index contributed by atoms with van der Waals surface area (Å²) < 4.78 is 25.6. The molecule has 2 fully saturated rings. The van der Waals surface area contributed by atoms with Gasteiger partial charge in [0.2, 0.25) is 0 Å². The molecular weight excluding hydrogens is 396 g/mol. The minimum atomic E-state index is -2.95. The molecular formula is C19H26N4O3S2. The van der Waals surface area contributed by atoms with E-state index in [1.165, 1.54) is 11.3 Å². The highest BCUT2D eigenvalue weighted by atomic mass is 32.2. The maximum atomic E-state index is 12.7. The molecule has 1 atom stereocenters. The van der Waals surface area contributed by atoms with E-state index in [9.17, 15) is 13.2 Å². The van der Waals surface area contributed by atoms with Crippen LogP contribution in [0.1, 0.15) is 39.1 Å². The fraction of sp³-hybridized carbons (Fsp3) is 0.579. The number of sulfone groups is 1. The first-order chi connectivity index (χ1) is 13.2. The van der Waals surface area contributed by atoms with Crippen molar-refractivity contribution in [1.82, 2.24) is 14.7 Å². The molecule has 0 bridgehead atoms. The molecule has 4 heterocycles. The summed E-state index contributed by atoms with van der Waals surface area (Å²) in [5, 5.41) is 6.68. The molecule has 2 aliphatic heterocycles. The molecule has 4 rings (SSSR count). The summed E-state index contributed by atoms with van der Waals surface area (Å²) in [6.45, 7) is 8.87. The third-order valence-corrected chi connectivity index (χ3v) is 8.45. The van der Waals surface area contributed by atoms with E-state index in [4.69, 9.17) is 0 Å². The highest BCUT2D eigenvalue weighted by Crippen LogP contribution is 2.32. The lowest BCUT2D eigenvalue weighted by molar-refractivity contribution is 0.0751. The van der Waals surface area contributed by atoms with Crippen LogP contribution >= 0.6 is 11.3 Å². The quantitative estimate of drug-likeness (QED) is 0.758. The molecule has 0 radical (unpaired) electrons. The average Bonchev–Trinajstić information content (AvgIpc) is 3.32. The molecule has 28 heavy (non-hydrogen) atoms. The second-order valence-electron chi connectivity index (χ2n) is 7.79. The van der Waals surface area contributed by atoms with Gasteiger partial charge in [-0.3, -0.25) is 9.48 Å². The maximum absolute atomic E-state index is 12.7. The Morgan fingerprint density at radius 1 is 1.18 bits per heavy atom. The number of anilines is 1. The summed E-state index contributed by atoms with van der Waals surface area (Å²) >= 11 is 1.50. The van der Waals surface area contributed by atoms with Crippen molar-refractivity contribution in [2.75, 3.05) is 42.6 Å². The molecule has 9 heteroatoms. The number of carbonyl (C=O) groups excluding carboxylic acids is 1. The van der Waals surface area contributed by atoms with Crippen molar-refractivity contribution in [3.05, 3.63) is 33.3 Å². The molecule has 0 aromatic carbocycles. The Balaban J connectivity index is 1.47. The SMILES string of the molecule is Cc1csc(C(=O)N2CCN(c3c(C)nn(C4CCS(=O)(=O)C4)c3C)CC2)c1. The number of carbonyl (C=O) groups is 1. The van der Waals surface area contributed by atoms with Gasteiger partial charge in [-0.15, -0.1) is 11.3 Å². The number of rotatable bonds is 3. The lowest BCUT2D eigenvalue weighted by Crippen LogP contribution is -2.49. The van der Waals surface area contributed by atoms with Gasteiger partial charge < -0.3 is 9.80 Å². The molecule has 2 aliphatic rings. The lowest BCUT2D eigenvalue weighted by atomic mass is 10.2. The van der Waals surface area contributed by atoms with E-state index in [-0.39, 0.29) is 23.5 Å². The van der Waals surface area contributed by atoms with Crippen LogP contribution in [0, 0.1) is 20.8 Å². The van der Waals surface area contributed by atoms with E-state index in [1.54, 1.807) is 0 Å². The monoisotopic (exact) mass is 422 g/mol. The van der Waals surface area contributed by atoms with Crippen molar-refractivity contribution in [3.8, 4) is 0 Å². The largest absolute Gasteiger partial charge is 0.365 e. The molecule has 0 aliphatic carbocycles. The topological polar surface area (TPSA) is 75.5 Å². The van der Waals surface area contributed by atoms with Crippen LogP contribution in [0.25, 0.3) is 0 Å². The lowest BCUT2D eigenvalue weighted by Gasteiger charge is -2.36. The second kappa shape index (κ2) is 7.18. The molecule has 0 spiro atoms. The molecule has 1 unspecified atom stereocenters. The number of aromatic nitrogens is 2. The van der Waals surface area contributed by atoms with Crippen LogP contribution in [0.2, 0.25) is 0 Å². The Morgan fingerprint density at radius 3 is 2.46 bits per heavy atom. The summed E-state index contributed by atoms with van der Waals surface area (Å²) in [6.07, 6.45) is 0.631. The van der Waals surface area contributed by atoms with E-state index in [2.05, 4.69) is 10.00 Å². The first-order valence-electron chi connectivity index (χ1n) is 9.60. The third-order valence-electron chi connectivity index (χ3n) is 5.67. The van der Waals surface area contributed by atoms with Gasteiger partial charge in [-0.1, -0.05) is 0 Å². The van der Waals surface area contributed by atoms with E-state index >= 15 is 0 Å². The van der Waals surface area contributed by atoms with Gasteiger partial charge in [0.05, 0.1) is 39.5 Å². The maximum Gasteiger partial charge on any atom is 0.264 e. The van der Waals surface area contributed by atoms with Gasteiger partial charge in [0.1, 0.15) is 0 Å². The molecule has 2 saturated heterocycles. The van der Waals surface area contributed by atoms with Crippen LogP contribution in [0.4, 0.5) is 5.69 Å². The summed E-state index contributed by atoms with van der Waals surface area (Å²) in [5.74, 6) is 0.531. The van der Waals surface area contributed by atoms with Crippen LogP contribution in [0.15, 0.2) is 11.4 Å². The normalized spacial score (nSPS) is 22.0. The van der Waals surface area contributed by atoms with Gasteiger partial charge in [0, 0.05) is 26.2 Å². The highest BCUT2D eigenvalue weighted by Gasteiger charge is 2.33. The summed E-state index contributed by atoms with van der Waals surface area (Å²) in [5.41, 5.74) is 4.16. The molecule has 0 saturated carbocycles. The first-order valence-corrected chi connectivity index (χ1v) is 12.3. The van der Waals surface area contributed by atoms with Crippen LogP contribution in [0.5, 0.6) is 0 Å². The standard InChI is InChI=1S/C19H26N4O3S2/c1-13-10-17(27-11-13)19(24)22-7-5-21(6-8-22)18-14(2)20-23(15(18)3)16-4-9-28(25,26)12-16/h10-11,16H,4-9,12H2,1-3H3. The van der Waals surface area contributed by atoms with Crippen LogP contribution in [0.3, 0.4) is 0 Å². The minimum absolute atomic E-state index is 0.0672. The zero-order valence-electron chi connectivity index (χ0n) is 16.5. The average molecular weight is 423 g/mol. The molecule has 2 aromatic heterocycles. The predicted molar refractivity (Wildman–Crippen MR) is 111 cm³/mol. The summed E-state index contributed by atoms with van der Waals surface area (Å²) in [4.78, 5) is 17.7. The van der Waals surface area contributed by atoms with E-state index < -0.39 is 9.84 Å². The van der Waals surface area contributed by atoms with Crippen molar-refractivity contribution in [1.29, 1.82) is 0 Å². The van der Waals surface area contributed by atoms with E-state index in [0.29, 0.717) is 19.5 Å². The Bertz CT molecular complexity index is 1000. The second-order valence-corrected chi connectivity index (χ2v) is 10.9. The van der Waals surface area contributed by atoms with Gasteiger partial charge in [-0.25, -0.2) is 8.42 Å². The van der Waals surface area contributed by atoms with Gasteiger partial charge in [0.15, 0.2) is 9.84 Å². The number of aryl methyl sites for hydroxylation is 2. The number of thiophene rings is 1. The van der Waals surface area contributed by atoms with Crippen LogP contribution < -0.4 is 4.90 Å². The number of amides is 1. The van der Waals surface area contributed by atoms with Crippen molar-refractivity contribution in [2.24, 2.45) is 0 Å². The van der Waals surface area contributed by atoms with Crippen LogP contribution in [-0.2, 0) is 9.84 Å².